The Morgan fingerprint density at radius 3 is 2.23 bits per heavy atom. The highest BCUT2D eigenvalue weighted by Crippen LogP contribution is 2.20. The Labute approximate surface area is 93.1 Å². The highest BCUT2D eigenvalue weighted by molar-refractivity contribution is 9.11. The van der Waals surface area contributed by atoms with Crippen molar-refractivity contribution < 1.29 is 4.79 Å². The van der Waals surface area contributed by atoms with E-state index in [-0.39, 0.29) is 0 Å². The quantitative estimate of drug-likeness (QED) is 0.839. The van der Waals surface area contributed by atoms with E-state index in [9.17, 15) is 4.79 Å². The van der Waals surface area contributed by atoms with Crippen molar-refractivity contribution in [3.8, 4) is 0 Å². The number of nitrogens with two attached hydrogens (primary N) is 1. The molecule has 2 N–H and O–H groups in total. The molecule has 0 saturated carbocycles. The van der Waals surface area contributed by atoms with Crippen molar-refractivity contribution >= 4 is 43.8 Å². The normalized spacial score (nSPS) is 10.6. The SMILES string of the molecule is NC(=O)C=Cc1cc(Br)cc(Br)c1. The van der Waals surface area contributed by atoms with E-state index in [1.165, 1.54) is 6.08 Å². The third-order valence-electron chi connectivity index (χ3n) is 1.32. The fourth-order valence-electron chi connectivity index (χ4n) is 0.850. The van der Waals surface area contributed by atoms with Gasteiger partial charge in [-0.2, -0.15) is 0 Å². The topological polar surface area (TPSA) is 43.1 Å². The van der Waals surface area contributed by atoms with Crippen LogP contribution >= 0.6 is 31.9 Å². The smallest absolute Gasteiger partial charge is 0.241 e. The molecule has 1 rings (SSSR count). The zero-order chi connectivity index (χ0) is 9.84. The molecule has 68 valence electrons. The van der Waals surface area contributed by atoms with Gasteiger partial charge in [-0.05, 0) is 29.8 Å². The summed E-state index contributed by atoms with van der Waals surface area (Å²) < 4.78 is 1.90. The molecule has 0 aliphatic rings. The molecule has 0 unspecified atom stereocenters. The van der Waals surface area contributed by atoms with Crippen LogP contribution in [0.15, 0.2) is 33.2 Å². The van der Waals surface area contributed by atoms with Gasteiger partial charge in [-0.15, -0.1) is 0 Å². The number of hydrogen-bond donors (Lipinski definition) is 1. The minimum atomic E-state index is -0.448. The first-order valence-corrected chi connectivity index (χ1v) is 5.10. The molecule has 1 amide bonds. The van der Waals surface area contributed by atoms with E-state index in [0.717, 1.165) is 14.5 Å². The molecular weight excluding hydrogens is 298 g/mol. The van der Waals surface area contributed by atoms with Gasteiger partial charge in [0.2, 0.25) is 5.91 Å². The Bertz CT molecular complexity index is 340. The summed E-state index contributed by atoms with van der Waals surface area (Å²) in [7, 11) is 0. The average Bonchev–Trinajstić information content (AvgIpc) is 1.99. The minimum absolute atomic E-state index is 0.448. The summed E-state index contributed by atoms with van der Waals surface area (Å²) in [5.41, 5.74) is 5.88. The second kappa shape index (κ2) is 4.58. The fourth-order valence-corrected chi connectivity index (χ4v) is 2.18. The van der Waals surface area contributed by atoms with E-state index in [2.05, 4.69) is 31.9 Å². The summed E-state index contributed by atoms with van der Waals surface area (Å²) in [5, 5.41) is 0. The van der Waals surface area contributed by atoms with Crippen LogP contribution in [0.2, 0.25) is 0 Å². The third kappa shape index (κ3) is 3.74. The first-order valence-electron chi connectivity index (χ1n) is 3.51. The molecule has 0 radical (unpaired) electrons. The molecular formula is C9H7Br2NO. The van der Waals surface area contributed by atoms with Gasteiger partial charge in [0.1, 0.15) is 0 Å². The lowest BCUT2D eigenvalue weighted by molar-refractivity contribution is -0.113. The zero-order valence-corrected chi connectivity index (χ0v) is 9.80. The largest absolute Gasteiger partial charge is 0.366 e. The Morgan fingerprint density at radius 2 is 1.77 bits per heavy atom. The first kappa shape index (κ1) is 10.5. The summed E-state index contributed by atoms with van der Waals surface area (Å²) in [6.45, 7) is 0. The summed E-state index contributed by atoms with van der Waals surface area (Å²) in [6, 6.07) is 5.70. The van der Waals surface area contributed by atoms with Crippen LogP contribution in [0, 0.1) is 0 Å². The number of hydrogen-bond acceptors (Lipinski definition) is 1. The molecule has 0 aliphatic heterocycles. The van der Waals surface area contributed by atoms with E-state index in [4.69, 9.17) is 5.73 Å². The lowest BCUT2D eigenvalue weighted by atomic mass is 10.2. The number of carbonyl (C=O) groups is 1. The molecule has 0 aliphatic carbocycles. The Balaban J connectivity index is 2.95. The predicted molar refractivity (Wildman–Crippen MR) is 60.1 cm³/mol. The van der Waals surface area contributed by atoms with Crippen LogP contribution in [0.25, 0.3) is 6.08 Å². The maximum absolute atomic E-state index is 10.5. The standard InChI is InChI=1S/C9H7Br2NO/c10-7-3-6(1-2-9(12)13)4-8(11)5-7/h1-5H,(H2,12,13). The van der Waals surface area contributed by atoms with Crippen LogP contribution in [0.5, 0.6) is 0 Å². The summed E-state index contributed by atoms with van der Waals surface area (Å²) in [4.78, 5) is 10.5. The minimum Gasteiger partial charge on any atom is -0.366 e. The summed E-state index contributed by atoms with van der Waals surface area (Å²) in [5.74, 6) is -0.448. The van der Waals surface area contributed by atoms with E-state index in [1.807, 2.05) is 18.2 Å². The molecule has 0 heterocycles. The van der Waals surface area contributed by atoms with Gasteiger partial charge in [-0.3, -0.25) is 4.79 Å². The maximum atomic E-state index is 10.5. The van der Waals surface area contributed by atoms with Gasteiger partial charge >= 0.3 is 0 Å². The van der Waals surface area contributed by atoms with Gasteiger partial charge < -0.3 is 5.73 Å². The van der Waals surface area contributed by atoms with E-state index in [0.29, 0.717) is 0 Å². The lowest BCUT2D eigenvalue weighted by Crippen LogP contribution is -2.05. The zero-order valence-electron chi connectivity index (χ0n) is 6.63. The van der Waals surface area contributed by atoms with Crippen LogP contribution < -0.4 is 5.73 Å². The van der Waals surface area contributed by atoms with Crippen LogP contribution in [0.4, 0.5) is 0 Å². The highest BCUT2D eigenvalue weighted by Gasteiger charge is 1.94. The number of carbonyl (C=O) groups excluding carboxylic acids is 1. The Morgan fingerprint density at radius 1 is 1.23 bits per heavy atom. The highest BCUT2D eigenvalue weighted by atomic mass is 79.9. The Hall–Kier alpha value is -0.610. The van der Waals surface area contributed by atoms with Crippen molar-refractivity contribution in [1.29, 1.82) is 0 Å². The predicted octanol–water partition coefficient (Wildman–Crippen LogP) is 2.71. The van der Waals surface area contributed by atoms with Crippen LogP contribution in [-0.2, 0) is 4.79 Å². The van der Waals surface area contributed by atoms with Crippen molar-refractivity contribution in [2.24, 2.45) is 5.73 Å². The molecule has 13 heavy (non-hydrogen) atoms. The number of rotatable bonds is 2. The molecule has 0 atom stereocenters. The first-order chi connectivity index (χ1) is 6.08. The fraction of sp³-hybridized carbons (Fsp3) is 0. The molecule has 1 aromatic carbocycles. The monoisotopic (exact) mass is 303 g/mol. The van der Waals surface area contributed by atoms with Crippen molar-refractivity contribution in [3.05, 3.63) is 38.8 Å². The van der Waals surface area contributed by atoms with E-state index < -0.39 is 5.91 Å². The molecule has 0 bridgehead atoms. The number of halogens is 2. The number of amides is 1. The number of benzene rings is 1. The molecule has 4 heteroatoms. The summed E-state index contributed by atoms with van der Waals surface area (Å²) >= 11 is 6.68. The van der Waals surface area contributed by atoms with Gasteiger partial charge in [0, 0.05) is 15.0 Å². The molecule has 1 aromatic rings. The van der Waals surface area contributed by atoms with Crippen LogP contribution in [-0.4, -0.2) is 5.91 Å². The summed E-state index contributed by atoms with van der Waals surface area (Å²) in [6.07, 6.45) is 2.99. The van der Waals surface area contributed by atoms with Crippen molar-refractivity contribution in [1.82, 2.24) is 0 Å². The van der Waals surface area contributed by atoms with Gasteiger partial charge in [-0.1, -0.05) is 31.9 Å². The van der Waals surface area contributed by atoms with Gasteiger partial charge in [-0.25, -0.2) is 0 Å². The van der Waals surface area contributed by atoms with E-state index in [1.54, 1.807) is 6.08 Å². The lowest BCUT2D eigenvalue weighted by Gasteiger charge is -1.96. The third-order valence-corrected chi connectivity index (χ3v) is 2.24. The van der Waals surface area contributed by atoms with Crippen LogP contribution in [0.3, 0.4) is 0 Å². The molecule has 2 nitrogen and oxygen atoms in total. The van der Waals surface area contributed by atoms with Gasteiger partial charge in [0.25, 0.3) is 0 Å². The average molecular weight is 305 g/mol. The van der Waals surface area contributed by atoms with Gasteiger partial charge in [0.15, 0.2) is 0 Å². The van der Waals surface area contributed by atoms with Gasteiger partial charge in [0.05, 0.1) is 0 Å². The van der Waals surface area contributed by atoms with Crippen molar-refractivity contribution in [2.75, 3.05) is 0 Å². The Kier molecular flexibility index (Phi) is 3.69. The molecule has 0 spiro atoms. The van der Waals surface area contributed by atoms with Crippen LogP contribution in [0.1, 0.15) is 5.56 Å². The number of primary amides is 1. The maximum Gasteiger partial charge on any atom is 0.241 e. The molecule has 0 aromatic heterocycles. The van der Waals surface area contributed by atoms with E-state index >= 15 is 0 Å². The second-order valence-electron chi connectivity index (χ2n) is 2.44. The second-order valence-corrected chi connectivity index (χ2v) is 4.27. The van der Waals surface area contributed by atoms with Crippen molar-refractivity contribution in [2.45, 2.75) is 0 Å². The molecule has 0 fully saturated rings. The van der Waals surface area contributed by atoms with Crippen molar-refractivity contribution in [3.63, 3.8) is 0 Å². The molecule has 0 saturated heterocycles.